The number of benzene rings is 1. The van der Waals surface area contributed by atoms with Crippen molar-refractivity contribution in [1.29, 1.82) is 5.26 Å². The lowest BCUT2D eigenvalue weighted by atomic mass is 9.92. The molecule has 2 aromatic heterocycles. The SMILES string of the molecule is COc1ccc(-n2ncc(C#N)c2NC(=O)c2cc(C(C)(C)C)nn2C)cc1Cl. The van der Waals surface area contributed by atoms with Gasteiger partial charge in [-0.15, -0.1) is 0 Å². The summed E-state index contributed by atoms with van der Waals surface area (Å²) >= 11 is 6.21. The van der Waals surface area contributed by atoms with Crippen molar-refractivity contribution in [3.63, 3.8) is 0 Å². The molecule has 0 fully saturated rings. The number of rotatable bonds is 4. The highest BCUT2D eigenvalue weighted by Crippen LogP contribution is 2.29. The second kappa shape index (κ2) is 7.60. The second-order valence-corrected chi connectivity index (χ2v) is 7.90. The molecule has 0 aliphatic heterocycles. The zero-order chi connectivity index (χ0) is 21.3. The number of nitriles is 1. The van der Waals surface area contributed by atoms with Crippen LogP contribution < -0.4 is 10.1 Å². The Morgan fingerprint density at radius 1 is 1.31 bits per heavy atom. The summed E-state index contributed by atoms with van der Waals surface area (Å²) in [7, 11) is 3.23. The van der Waals surface area contributed by atoms with Crippen molar-refractivity contribution in [2.24, 2.45) is 7.05 Å². The Labute approximate surface area is 173 Å². The number of halogens is 1. The van der Waals surface area contributed by atoms with Crippen molar-refractivity contribution in [3.8, 4) is 17.5 Å². The number of methoxy groups -OCH3 is 1. The van der Waals surface area contributed by atoms with E-state index in [-0.39, 0.29) is 16.8 Å². The van der Waals surface area contributed by atoms with Crippen molar-refractivity contribution in [1.82, 2.24) is 19.6 Å². The summed E-state index contributed by atoms with van der Waals surface area (Å²) < 4.78 is 8.13. The molecule has 2 heterocycles. The van der Waals surface area contributed by atoms with Crippen molar-refractivity contribution >= 4 is 23.3 Å². The number of ether oxygens (including phenoxy) is 1. The fraction of sp³-hybridized carbons (Fsp3) is 0.300. The standard InChI is InChI=1S/C20H21ClN6O2/c1-20(2,3)17-9-15(26(4)25-17)19(28)24-18-12(10-22)11-23-27(18)13-6-7-16(29-5)14(21)8-13/h6-9,11H,1-5H3,(H,24,28). The number of hydrogen-bond donors (Lipinski definition) is 1. The number of nitrogens with one attached hydrogen (secondary N) is 1. The number of amides is 1. The van der Waals surface area contributed by atoms with E-state index in [0.29, 0.717) is 22.2 Å². The Bertz CT molecular complexity index is 1120. The van der Waals surface area contributed by atoms with E-state index in [0.717, 1.165) is 5.69 Å². The van der Waals surface area contributed by atoms with Gasteiger partial charge in [-0.25, -0.2) is 4.68 Å². The van der Waals surface area contributed by atoms with Crippen LogP contribution in [0.1, 0.15) is 42.5 Å². The molecule has 8 nitrogen and oxygen atoms in total. The molecule has 0 aliphatic rings. The van der Waals surface area contributed by atoms with E-state index in [9.17, 15) is 10.1 Å². The summed E-state index contributed by atoms with van der Waals surface area (Å²) in [6, 6.07) is 8.85. The van der Waals surface area contributed by atoms with Gasteiger partial charge < -0.3 is 10.1 Å². The predicted octanol–water partition coefficient (Wildman–Crippen LogP) is 3.69. The third-order valence-corrected chi connectivity index (χ3v) is 4.68. The van der Waals surface area contributed by atoms with Gasteiger partial charge >= 0.3 is 0 Å². The average molecular weight is 413 g/mol. The maximum Gasteiger partial charge on any atom is 0.275 e. The molecule has 0 saturated carbocycles. The van der Waals surface area contributed by atoms with Crippen molar-refractivity contribution in [3.05, 3.63) is 52.4 Å². The summed E-state index contributed by atoms with van der Waals surface area (Å²) in [6.45, 7) is 6.06. The Morgan fingerprint density at radius 2 is 2.03 bits per heavy atom. The minimum absolute atomic E-state index is 0.199. The molecule has 3 aromatic rings. The average Bonchev–Trinajstić information content (AvgIpc) is 3.24. The molecule has 0 unspecified atom stereocenters. The molecule has 150 valence electrons. The molecule has 3 rings (SSSR count). The molecule has 1 N–H and O–H groups in total. The highest BCUT2D eigenvalue weighted by Gasteiger charge is 2.23. The maximum absolute atomic E-state index is 12.9. The number of carbonyl (C=O) groups is 1. The lowest BCUT2D eigenvalue weighted by Gasteiger charge is -2.13. The highest BCUT2D eigenvalue weighted by molar-refractivity contribution is 6.32. The van der Waals surface area contributed by atoms with Gasteiger partial charge in [-0.2, -0.15) is 15.5 Å². The quantitative estimate of drug-likeness (QED) is 0.704. The van der Waals surface area contributed by atoms with Crippen LogP contribution in [0.3, 0.4) is 0 Å². The summed E-state index contributed by atoms with van der Waals surface area (Å²) in [5.74, 6) is 0.365. The Hall–Kier alpha value is -3.31. The van der Waals surface area contributed by atoms with Gasteiger partial charge in [-0.05, 0) is 24.3 Å². The first-order valence-corrected chi connectivity index (χ1v) is 9.21. The number of anilines is 1. The lowest BCUT2D eigenvalue weighted by Crippen LogP contribution is -2.19. The van der Waals surface area contributed by atoms with E-state index in [2.05, 4.69) is 15.5 Å². The van der Waals surface area contributed by atoms with Gasteiger partial charge in [0.05, 0.1) is 29.7 Å². The molecule has 29 heavy (non-hydrogen) atoms. The number of aryl methyl sites for hydroxylation is 1. The third-order valence-electron chi connectivity index (χ3n) is 4.38. The zero-order valence-corrected chi connectivity index (χ0v) is 17.6. The van der Waals surface area contributed by atoms with Crippen LogP contribution in [0.15, 0.2) is 30.5 Å². The van der Waals surface area contributed by atoms with E-state index in [4.69, 9.17) is 16.3 Å². The number of carbonyl (C=O) groups excluding carboxylic acids is 1. The van der Waals surface area contributed by atoms with Crippen LogP contribution in [-0.4, -0.2) is 32.6 Å². The van der Waals surface area contributed by atoms with Gasteiger partial charge in [0.25, 0.3) is 5.91 Å². The van der Waals surface area contributed by atoms with Crippen LogP contribution in [-0.2, 0) is 12.5 Å². The van der Waals surface area contributed by atoms with E-state index < -0.39 is 5.91 Å². The Morgan fingerprint density at radius 3 is 2.59 bits per heavy atom. The molecule has 0 atom stereocenters. The minimum Gasteiger partial charge on any atom is -0.495 e. The first-order valence-electron chi connectivity index (χ1n) is 8.83. The first kappa shape index (κ1) is 20.4. The van der Waals surface area contributed by atoms with Crippen molar-refractivity contribution < 1.29 is 9.53 Å². The van der Waals surface area contributed by atoms with E-state index in [1.165, 1.54) is 22.7 Å². The largest absolute Gasteiger partial charge is 0.495 e. The molecule has 0 radical (unpaired) electrons. The normalized spacial score (nSPS) is 11.2. The number of nitrogens with zero attached hydrogens (tertiary/aromatic N) is 5. The van der Waals surface area contributed by atoms with Crippen LogP contribution in [0.4, 0.5) is 5.82 Å². The fourth-order valence-electron chi connectivity index (χ4n) is 2.75. The van der Waals surface area contributed by atoms with Crippen molar-refractivity contribution in [2.75, 3.05) is 12.4 Å². The van der Waals surface area contributed by atoms with Gasteiger partial charge in [0, 0.05) is 12.5 Å². The van der Waals surface area contributed by atoms with Gasteiger partial charge in [-0.3, -0.25) is 9.48 Å². The predicted molar refractivity (Wildman–Crippen MR) is 110 cm³/mol. The first-order chi connectivity index (χ1) is 13.7. The van der Waals surface area contributed by atoms with Crippen LogP contribution in [0, 0.1) is 11.3 Å². The smallest absolute Gasteiger partial charge is 0.275 e. The summed E-state index contributed by atoms with van der Waals surface area (Å²) in [6.07, 6.45) is 1.39. The Kier molecular flexibility index (Phi) is 5.36. The number of aromatic nitrogens is 4. The molecule has 1 amide bonds. The van der Waals surface area contributed by atoms with Crippen molar-refractivity contribution in [2.45, 2.75) is 26.2 Å². The monoisotopic (exact) mass is 412 g/mol. The lowest BCUT2D eigenvalue weighted by molar-refractivity contribution is 0.101. The van der Waals surface area contributed by atoms with Crippen LogP contribution in [0.2, 0.25) is 5.02 Å². The van der Waals surface area contributed by atoms with E-state index >= 15 is 0 Å². The summed E-state index contributed by atoms with van der Waals surface area (Å²) in [5, 5.41) is 21.3. The second-order valence-electron chi connectivity index (χ2n) is 7.49. The van der Waals surface area contributed by atoms with Gasteiger partial charge in [0.2, 0.25) is 0 Å². The van der Waals surface area contributed by atoms with Crippen LogP contribution in [0.25, 0.3) is 5.69 Å². The maximum atomic E-state index is 12.9. The molecule has 1 aromatic carbocycles. The molecule has 0 spiro atoms. The minimum atomic E-state index is -0.395. The van der Waals surface area contributed by atoms with Gasteiger partial charge in [0.15, 0.2) is 5.82 Å². The molecule has 0 saturated heterocycles. The molecular weight excluding hydrogens is 392 g/mol. The molecular formula is C20H21ClN6O2. The van der Waals surface area contributed by atoms with Gasteiger partial charge in [-0.1, -0.05) is 32.4 Å². The highest BCUT2D eigenvalue weighted by atomic mass is 35.5. The van der Waals surface area contributed by atoms with Gasteiger partial charge in [0.1, 0.15) is 23.1 Å². The molecule has 0 bridgehead atoms. The van der Waals surface area contributed by atoms with Crippen LogP contribution >= 0.6 is 11.6 Å². The molecule has 0 aliphatic carbocycles. The third kappa shape index (κ3) is 3.96. The van der Waals surface area contributed by atoms with E-state index in [1.54, 1.807) is 31.3 Å². The fourth-order valence-corrected chi connectivity index (χ4v) is 3.00. The topological polar surface area (TPSA) is 97.8 Å². The summed E-state index contributed by atoms with van der Waals surface area (Å²) in [5.41, 5.74) is 1.77. The van der Waals surface area contributed by atoms with E-state index in [1.807, 2.05) is 26.8 Å². The zero-order valence-electron chi connectivity index (χ0n) is 16.8. The number of hydrogen-bond acceptors (Lipinski definition) is 5. The van der Waals surface area contributed by atoms with Crippen LogP contribution in [0.5, 0.6) is 5.75 Å². The Balaban J connectivity index is 1.99. The summed E-state index contributed by atoms with van der Waals surface area (Å²) in [4.78, 5) is 12.9. The molecule has 9 heteroatoms.